The molecular weight excluding hydrogens is 176 g/mol. The van der Waals surface area contributed by atoms with Gasteiger partial charge in [0, 0.05) is 0 Å². The summed E-state index contributed by atoms with van der Waals surface area (Å²) in [5.74, 6) is -1.12. The van der Waals surface area contributed by atoms with E-state index in [1.165, 1.54) is 4.90 Å². The number of nitrogens with zero attached hydrogens (tertiary/aromatic N) is 1. The van der Waals surface area contributed by atoms with E-state index in [4.69, 9.17) is 15.6 Å². The number of carbonyl (C=O) groups excluding carboxylic acids is 1. The molecule has 1 aliphatic heterocycles. The first-order valence-electron chi connectivity index (χ1n) is 3.94. The zero-order chi connectivity index (χ0) is 10.0. The lowest BCUT2D eigenvalue weighted by Crippen LogP contribution is -2.45. The predicted molar refractivity (Wildman–Crippen MR) is 43.1 cm³/mol. The number of hydrogen-bond acceptors (Lipinski definition) is 4. The number of ether oxygens (including phenoxy) is 1. The number of nitrogens with two attached hydrogens (primary N) is 1. The summed E-state index contributed by atoms with van der Waals surface area (Å²) in [6.07, 6.45) is -0.496. The first-order valence-corrected chi connectivity index (χ1v) is 3.94. The maximum Gasteiger partial charge on any atom is 0.410 e. The van der Waals surface area contributed by atoms with Gasteiger partial charge in [-0.1, -0.05) is 0 Å². The van der Waals surface area contributed by atoms with Crippen molar-refractivity contribution in [1.29, 1.82) is 0 Å². The summed E-state index contributed by atoms with van der Waals surface area (Å²) in [6.45, 7) is 2.07. The fourth-order valence-electron chi connectivity index (χ4n) is 1.09. The van der Waals surface area contributed by atoms with E-state index in [-0.39, 0.29) is 12.6 Å². The van der Waals surface area contributed by atoms with Crippen LogP contribution in [0.1, 0.15) is 6.92 Å². The van der Waals surface area contributed by atoms with E-state index in [9.17, 15) is 9.59 Å². The molecule has 6 heteroatoms. The average molecular weight is 188 g/mol. The molecule has 0 spiro atoms. The molecule has 1 heterocycles. The number of aliphatic carboxylic acids is 1. The van der Waals surface area contributed by atoms with Crippen LogP contribution >= 0.6 is 0 Å². The first-order chi connectivity index (χ1) is 6.02. The fourth-order valence-corrected chi connectivity index (χ4v) is 1.09. The number of amides is 1. The molecule has 3 N–H and O–H groups in total. The van der Waals surface area contributed by atoms with E-state index < -0.39 is 18.1 Å². The minimum atomic E-state index is -1.12. The third-order valence-electron chi connectivity index (χ3n) is 1.93. The molecule has 74 valence electrons. The number of carbonyl (C=O) groups is 2. The molecular formula is C7H12N2O4. The van der Waals surface area contributed by atoms with Crippen LogP contribution < -0.4 is 5.73 Å². The van der Waals surface area contributed by atoms with E-state index in [0.29, 0.717) is 6.61 Å². The first kappa shape index (κ1) is 9.79. The number of rotatable bonds is 3. The Labute approximate surface area is 75.3 Å². The highest BCUT2D eigenvalue weighted by Gasteiger charge is 2.31. The van der Waals surface area contributed by atoms with Crippen molar-refractivity contribution in [2.75, 3.05) is 13.2 Å². The van der Waals surface area contributed by atoms with Gasteiger partial charge in [-0.25, -0.2) is 4.79 Å². The molecule has 0 aromatic heterocycles. The molecule has 0 aliphatic carbocycles. The van der Waals surface area contributed by atoms with Crippen molar-refractivity contribution >= 4 is 12.1 Å². The Morgan fingerprint density at radius 3 is 2.92 bits per heavy atom. The molecule has 1 fully saturated rings. The van der Waals surface area contributed by atoms with Crippen molar-refractivity contribution in [3.8, 4) is 0 Å². The molecule has 2 unspecified atom stereocenters. The fraction of sp³-hybridized carbons (Fsp3) is 0.714. The Balaban J connectivity index is 2.52. The molecule has 0 bridgehead atoms. The molecule has 13 heavy (non-hydrogen) atoms. The van der Waals surface area contributed by atoms with Gasteiger partial charge in [0.05, 0.1) is 12.6 Å². The quantitative estimate of drug-likeness (QED) is 0.607. The van der Waals surface area contributed by atoms with Crippen molar-refractivity contribution in [3.05, 3.63) is 0 Å². The topological polar surface area (TPSA) is 92.9 Å². The monoisotopic (exact) mass is 188 g/mol. The van der Waals surface area contributed by atoms with Crippen molar-refractivity contribution < 1.29 is 19.4 Å². The highest BCUT2D eigenvalue weighted by molar-refractivity contribution is 5.75. The van der Waals surface area contributed by atoms with Crippen LogP contribution in [0.3, 0.4) is 0 Å². The summed E-state index contributed by atoms with van der Waals surface area (Å²) in [6, 6.07) is -1.15. The van der Waals surface area contributed by atoms with Crippen molar-refractivity contribution in [3.63, 3.8) is 0 Å². The third kappa shape index (κ3) is 2.09. The molecule has 0 saturated carbocycles. The Kier molecular flexibility index (Phi) is 2.72. The number of cyclic esters (lactones) is 1. The van der Waals surface area contributed by atoms with Crippen LogP contribution in [-0.2, 0) is 9.53 Å². The van der Waals surface area contributed by atoms with E-state index in [1.54, 1.807) is 6.92 Å². The van der Waals surface area contributed by atoms with Gasteiger partial charge in [0.2, 0.25) is 0 Å². The number of hydrogen-bond donors (Lipinski definition) is 2. The van der Waals surface area contributed by atoms with Crippen molar-refractivity contribution in [2.24, 2.45) is 5.73 Å². The molecule has 0 aromatic rings. The van der Waals surface area contributed by atoms with Crippen LogP contribution in [0.5, 0.6) is 0 Å². The maximum absolute atomic E-state index is 11.0. The zero-order valence-electron chi connectivity index (χ0n) is 7.27. The van der Waals surface area contributed by atoms with Gasteiger partial charge in [-0.3, -0.25) is 9.69 Å². The second-order valence-electron chi connectivity index (χ2n) is 3.02. The lowest BCUT2D eigenvalue weighted by atomic mass is 10.2. The van der Waals surface area contributed by atoms with Crippen molar-refractivity contribution in [2.45, 2.75) is 19.0 Å². The second-order valence-corrected chi connectivity index (χ2v) is 3.02. The normalized spacial score (nSPS) is 24.3. The van der Waals surface area contributed by atoms with Gasteiger partial charge in [0.15, 0.2) is 0 Å². The van der Waals surface area contributed by atoms with Gasteiger partial charge in [-0.05, 0) is 6.92 Å². The van der Waals surface area contributed by atoms with E-state index in [2.05, 4.69) is 0 Å². The lowest BCUT2D eigenvalue weighted by Gasteiger charge is -2.19. The van der Waals surface area contributed by atoms with Crippen molar-refractivity contribution in [1.82, 2.24) is 4.90 Å². The minimum Gasteiger partial charge on any atom is -0.480 e. The summed E-state index contributed by atoms with van der Waals surface area (Å²) in [4.78, 5) is 22.7. The Bertz CT molecular complexity index is 231. The predicted octanol–water partition coefficient (Wildman–Crippen LogP) is -0.761. The summed E-state index contributed by atoms with van der Waals surface area (Å²) >= 11 is 0. The zero-order valence-corrected chi connectivity index (χ0v) is 7.27. The molecule has 0 aromatic carbocycles. The van der Waals surface area contributed by atoms with Crippen LogP contribution in [0, 0.1) is 0 Å². The highest BCUT2D eigenvalue weighted by atomic mass is 16.6. The van der Waals surface area contributed by atoms with Crippen LogP contribution in [0.4, 0.5) is 4.79 Å². The van der Waals surface area contributed by atoms with Crippen LogP contribution in [0.2, 0.25) is 0 Å². The Morgan fingerprint density at radius 1 is 1.92 bits per heavy atom. The summed E-state index contributed by atoms with van der Waals surface area (Å²) < 4.78 is 4.70. The largest absolute Gasteiger partial charge is 0.480 e. The summed E-state index contributed by atoms with van der Waals surface area (Å²) in [5, 5.41) is 8.51. The van der Waals surface area contributed by atoms with Crippen LogP contribution in [0.25, 0.3) is 0 Å². The van der Waals surface area contributed by atoms with Crippen LogP contribution in [0.15, 0.2) is 0 Å². The molecule has 1 saturated heterocycles. The van der Waals surface area contributed by atoms with Gasteiger partial charge in [0.25, 0.3) is 0 Å². The molecule has 2 atom stereocenters. The Hall–Kier alpha value is -1.30. The number of carboxylic acid groups (broad SMARTS) is 1. The maximum atomic E-state index is 11.0. The summed E-state index contributed by atoms with van der Waals surface area (Å²) in [5.41, 5.74) is 5.27. The summed E-state index contributed by atoms with van der Waals surface area (Å²) in [7, 11) is 0. The average Bonchev–Trinajstić information content (AvgIpc) is 2.35. The van der Waals surface area contributed by atoms with E-state index in [0.717, 1.165) is 0 Å². The smallest absolute Gasteiger partial charge is 0.410 e. The highest BCUT2D eigenvalue weighted by Crippen LogP contribution is 2.11. The standard InChI is InChI=1S/C7H12N2O4/c1-4-3-13-7(12)9(4)2-5(8)6(10)11/h4-5H,2-3,8H2,1H3,(H,10,11). The molecule has 1 amide bonds. The minimum absolute atomic E-state index is 0.00463. The molecule has 1 aliphatic rings. The number of carboxylic acids is 1. The van der Waals surface area contributed by atoms with Gasteiger partial charge >= 0.3 is 12.1 Å². The van der Waals surface area contributed by atoms with Gasteiger partial charge in [-0.2, -0.15) is 0 Å². The van der Waals surface area contributed by atoms with Gasteiger partial charge in [-0.15, -0.1) is 0 Å². The van der Waals surface area contributed by atoms with Crippen LogP contribution in [-0.4, -0.2) is 47.3 Å². The molecule has 1 rings (SSSR count). The van der Waals surface area contributed by atoms with Gasteiger partial charge < -0.3 is 15.6 Å². The molecule has 6 nitrogen and oxygen atoms in total. The van der Waals surface area contributed by atoms with E-state index in [1.807, 2.05) is 0 Å². The lowest BCUT2D eigenvalue weighted by molar-refractivity contribution is -0.138. The SMILES string of the molecule is CC1COC(=O)N1CC(N)C(=O)O. The molecule has 0 radical (unpaired) electrons. The third-order valence-corrected chi connectivity index (χ3v) is 1.93. The van der Waals surface area contributed by atoms with Gasteiger partial charge in [0.1, 0.15) is 12.6 Å². The Morgan fingerprint density at radius 2 is 2.54 bits per heavy atom. The van der Waals surface area contributed by atoms with E-state index >= 15 is 0 Å². The second kappa shape index (κ2) is 3.61.